The molecule has 0 bridgehead atoms. The fraction of sp³-hybridized carbons (Fsp3) is 0.385. The molecule has 1 rings (SSSR count). The van der Waals surface area contributed by atoms with Crippen LogP contribution in [0.3, 0.4) is 0 Å². The normalized spacial score (nSPS) is 12.4. The van der Waals surface area contributed by atoms with Gasteiger partial charge in [-0.3, -0.25) is 9.59 Å². The van der Waals surface area contributed by atoms with Gasteiger partial charge in [0.25, 0.3) is 0 Å². The van der Waals surface area contributed by atoms with Crippen LogP contribution in [0.4, 0.5) is 0 Å². The lowest BCUT2D eigenvalue weighted by atomic mass is 10.3. The predicted octanol–water partition coefficient (Wildman–Crippen LogP) is 1.24. The van der Waals surface area contributed by atoms with Gasteiger partial charge in [-0.15, -0.1) is 0 Å². The molecule has 1 atom stereocenters. The molecule has 0 aliphatic carbocycles. The van der Waals surface area contributed by atoms with Crippen LogP contribution >= 0.6 is 0 Å². The summed E-state index contributed by atoms with van der Waals surface area (Å²) in [6.45, 7) is 5.83. The second-order valence-electron chi connectivity index (χ2n) is 3.91. The maximum absolute atomic E-state index is 11.5. The van der Waals surface area contributed by atoms with Crippen molar-refractivity contribution in [3.8, 4) is 0 Å². The van der Waals surface area contributed by atoms with Crippen molar-refractivity contribution in [2.75, 3.05) is 6.54 Å². The Morgan fingerprint density at radius 3 is 2.72 bits per heavy atom. The molecular formula is C13H18N2O3. The zero-order chi connectivity index (χ0) is 13.5. The molecule has 0 aliphatic rings. The van der Waals surface area contributed by atoms with Crippen LogP contribution in [0.1, 0.15) is 25.4 Å². The van der Waals surface area contributed by atoms with Gasteiger partial charge >= 0.3 is 0 Å². The molecule has 1 heterocycles. The van der Waals surface area contributed by atoms with Crippen molar-refractivity contribution in [3.05, 3.63) is 29.7 Å². The topological polar surface area (TPSA) is 71.3 Å². The minimum Gasteiger partial charge on any atom is -0.462 e. The second kappa shape index (κ2) is 6.64. The van der Waals surface area contributed by atoms with E-state index >= 15 is 0 Å². The predicted molar refractivity (Wildman–Crippen MR) is 68.8 cm³/mol. The standard InChI is InChI=1S/C13H18N2O3/c1-4-14-13(17)10(3)15-12(16)8-7-11-6-5-9(2)18-11/h5-8,10H,4H2,1-3H3,(H,14,17)(H,15,16)/b8-7+. The first kappa shape index (κ1) is 14.0. The summed E-state index contributed by atoms with van der Waals surface area (Å²) in [6.07, 6.45) is 2.90. The average molecular weight is 250 g/mol. The van der Waals surface area contributed by atoms with Crippen molar-refractivity contribution in [3.63, 3.8) is 0 Å². The van der Waals surface area contributed by atoms with Crippen LogP contribution in [0.5, 0.6) is 0 Å². The molecule has 1 unspecified atom stereocenters. The summed E-state index contributed by atoms with van der Waals surface area (Å²) in [5.41, 5.74) is 0. The number of likely N-dealkylation sites (N-methyl/N-ethyl adjacent to an activating group) is 1. The molecule has 1 aromatic heterocycles. The Bertz CT molecular complexity index is 449. The molecule has 2 N–H and O–H groups in total. The van der Waals surface area contributed by atoms with Crippen LogP contribution in [0.2, 0.25) is 0 Å². The number of furan rings is 1. The summed E-state index contributed by atoms with van der Waals surface area (Å²) in [4.78, 5) is 22.9. The molecule has 0 aliphatic heterocycles. The fourth-order valence-electron chi connectivity index (χ4n) is 1.36. The van der Waals surface area contributed by atoms with E-state index < -0.39 is 6.04 Å². The molecule has 5 nitrogen and oxygen atoms in total. The van der Waals surface area contributed by atoms with Gasteiger partial charge in [0.15, 0.2) is 0 Å². The van der Waals surface area contributed by atoms with Crippen molar-refractivity contribution in [2.24, 2.45) is 0 Å². The zero-order valence-corrected chi connectivity index (χ0v) is 10.8. The smallest absolute Gasteiger partial charge is 0.244 e. The van der Waals surface area contributed by atoms with Gasteiger partial charge in [0.1, 0.15) is 17.6 Å². The zero-order valence-electron chi connectivity index (χ0n) is 10.8. The number of nitrogens with one attached hydrogen (secondary N) is 2. The van der Waals surface area contributed by atoms with E-state index in [1.807, 2.05) is 19.9 Å². The summed E-state index contributed by atoms with van der Waals surface area (Å²) >= 11 is 0. The van der Waals surface area contributed by atoms with E-state index in [0.717, 1.165) is 5.76 Å². The number of rotatable bonds is 5. The molecular weight excluding hydrogens is 232 g/mol. The first-order valence-corrected chi connectivity index (χ1v) is 5.85. The molecule has 0 radical (unpaired) electrons. The molecule has 2 amide bonds. The van der Waals surface area contributed by atoms with E-state index in [1.165, 1.54) is 6.08 Å². The van der Waals surface area contributed by atoms with E-state index in [-0.39, 0.29) is 11.8 Å². The maximum atomic E-state index is 11.5. The summed E-state index contributed by atoms with van der Waals surface area (Å²) in [5, 5.41) is 5.19. The lowest BCUT2D eigenvalue weighted by molar-refractivity contribution is -0.126. The quantitative estimate of drug-likeness (QED) is 0.772. The van der Waals surface area contributed by atoms with Gasteiger partial charge in [-0.25, -0.2) is 0 Å². The molecule has 18 heavy (non-hydrogen) atoms. The lowest BCUT2D eigenvalue weighted by Crippen LogP contribution is -2.44. The van der Waals surface area contributed by atoms with Crippen LogP contribution in [-0.2, 0) is 9.59 Å². The molecule has 1 aromatic rings. The number of carbonyl (C=O) groups excluding carboxylic acids is 2. The van der Waals surface area contributed by atoms with Crippen molar-refractivity contribution >= 4 is 17.9 Å². The Morgan fingerprint density at radius 2 is 2.17 bits per heavy atom. The van der Waals surface area contributed by atoms with E-state index in [0.29, 0.717) is 12.3 Å². The van der Waals surface area contributed by atoms with Crippen LogP contribution in [0, 0.1) is 6.92 Å². The lowest BCUT2D eigenvalue weighted by Gasteiger charge is -2.11. The minimum absolute atomic E-state index is 0.201. The number of aryl methyl sites for hydroxylation is 1. The number of hydrogen-bond acceptors (Lipinski definition) is 3. The highest BCUT2D eigenvalue weighted by Gasteiger charge is 2.12. The average Bonchev–Trinajstić information content (AvgIpc) is 2.73. The molecule has 5 heteroatoms. The molecule has 0 aromatic carbocycles. The summed E-state index contributed by atoms with van der Waals surface area (Å²) in [6, 6.07) is 3.03. The van der Waals surface area contributed by atoms with Gasteiger partial charge in [-0.1, -0.05) is 0 Å². The number of carbonyl (C=O) groups is 2. The highest BCUT2D eigenvalue weighted by atomic mass is 16.3. The molecule has 0 saturated heterocycles. The van der Waals surface area contributed by atoms with E-state index in [1.54, 1.807) is 19.1 Å². The van der Waals surface area contributed by atoms with Crippen LogP contribution in [-0.4, -0.2) is 24.4 Å². The van der Waals surface area contributed by atoms with Gasteiger partial charge in [-0.05, 0) is 39.0 Å². The van der Waals surface area contributed by atoms with Gasteiger partial charge in [-0.2, -0.15) is 0 Å². The maximum Gasteiger partial charge on any atom is 0.244 e. The summed E-state index contributed by atoms with van der Waals surface area (Å²) < 4.78 is 5.28. The molecule has 0 fully saturated rings. The Labute approximate surface area is 106 Å². The van der Waals surface area contributed by atoms with Crippen LogP contribution in [0.25, 0.3) is 6.08 Å². The Balaban J connectivity index is 2.46. The first-order valence-electron chi connectivity index (χ1n) is 5.85. The Morgan fingerprint density at radius 1 is 1.44 bits per heavy atom. The number of amides is 2. The highest BCUT2D eigenvalue weighted by molar-refractivity contribution is 5.95. The first-order chi connectivity index (χ1) is 8.52. The van der Waals surface area contributed by atoms with Gasteiger partial charge < -0.3 is 15.1 Å². The van der Waals surface area contributed by atoms with Crippen molar-refractivity contribution in [1.29, 1.82) is 0 Å². The van der Waals surface area contributed by atoms with E-state index in [9.17, 15) is 9.59 Å². The Hall–Kier alpha value is -2.04. The molecule has 0 spiro atoms. The molecule has 98 valence electrons. The van der Waals surface area contributed by atoms with Gasteiger partial charge in [0.2, 0.25) is 11.8 Å². The third kappa shape index (κ3) is 4.45. The highest BCUT2D eigenvalue weighted by Crippen LogP contribution is 2.07. The largest absolute Gasteiger partial charge is 0.462 e. The third-order valence-electron chi connectivity index (χ3n) is 2.26. The fourth-order valence-corrected chi connectivity index (χ4v) is 1.36. The van der Waals surface area contributed by atoms with E-state index in [4.69, 9.17) is 4.42 Å². The van der Waals surface area contributed by atoms with Crippen molar-refractivity contribution < 1.29 is 14.0 Å². The Kier molecular flexibility index (Phi) is 5.17. The minimum atomic E-state index is -0.555. The van der Waals surface area contributed by atoms with Gasteiger partial charge in [0.05, 0.1) is 0 Å². The van der Waals surface area contributed by atoms with Gasteiger partial charge in [0, 0.05) is 12.6 Å². The molecule has 0 saturated carbocycles. The second-order valence-corrected chi connectivity index (χ2v) is 3.91. The number of hydrogen-bond donors (Lipinski definition) is 2. The monoisotopic (exact) mass is 250 g/mol. The van der Waals surface area contributed by atoms with Crippen molar-refractivity contribution in [2.45, 2.75) is 26.8 Å². The summed E-state index contributed by atoms with van der Waals surface area (Å²) in [7, 11) is 0. The SMILES string of the molecule is CCNC(=O)C(C)NC(=O)/C=C/c1ccc(C)o1. The van der Waals surface area contributed by atoms with Crippen LogP contribution in [0.15, 0.2) is 22.6 Å². The summed E-state index contributed by atoms with van der Waals surface area (Å²) in [5.74, 6) is 0.856. The third-order valence-corrected chi connectivity index (χ3v) is 2.26. The van der Waals surface area contributed by atoms with Crippen molar-refractivity contribution in [1.82, 2.24) is 10.6 Å². The van der Waals surface area contributed by atoms with E-state index in [2.05, 4.69) is 10.6 Å². The van der Waals surface area contributed by atoms with Crippen LogP contribution < -0.4 is 10.6 Å².